The summed E-state index contributed by atoms with van der Waals surface area (Å²) in [7, 11) is 0. The van der Waals surface area contributed by atoms with Crippen LogP contribution in [0.3, 0.4) is 0 Å². The molecule has 80 valence electrons. The fourth-order valence-corrected chi connectivity index (χ4v) is 1.40. The molecule has 0 amide bonds. The topological polar surface area (TPSA) is 12.0 Å². The molecule has 15 heavy (non-hydrogen) atoms. The molecule has 1 unspecified atom stereocenters. The Morgan fingerprint density at radius 3 is 2.60 bits per heavy atom. The molecule has 0 radical (unpaired) electrons. The third-order valence-corrected chi connectivity index (χ3v) is 2.69. The zero-order valence-electron chi connectivity index (χ0n) is 9.25. The zero-order chi connectivity index (χ0) is 11.4. The van der Waals surface area contributed by atoms with E-state index in [0.29, 0.717) is 0 Å². The van der Waals surface area contributed by atoms with Gasteiger partial charge in [0.05, 0.1) is 0 Å². The van der Waals surface area contributed by atoms with Crippen LogP contribution in [-0.4, -0.2) is 0 Å². The molecular formula is C13H17NS. The quantitative estimate of drug-likeness (QED) is 0.573. The van der Waals surface area contributed by atoms with E-state index in [1.54, 1.807) is 0 Å². The second-order valence-electron chi connectivity index (χ2n) is 3.77. The lowest BCUT2D eigenvalue weighted by atomic mass is 10.0. The number of hydrogen-bond donors (Lipinski definition) is 2. The molecule has 1 atom stereocenters. The monoisotopic (exact) mass is 219 g/mol. The number of hydrogen-bond acceptors (Lipinski definition) is 2. The van der Waals surface area contributed by atoms with Gasteiger partial charge in [0, 0.05) is 22.2 Å². The summed E-state index contributed by atoms with van der Waals surface area (Å²) in [6.07, 6.45) is 0. The third kappa shape index (κ3) is 3.48. The fraction of sp³-hybridized carbons (Fsp3) is 0.231. The van der Waals surface area contributed by atoms with Crippen molar-refractivity contribution in [1.29, 1.82) is 0 Å². The minimum Gasteiger partial charge on any atom is -0.359 e. The number of anilines is 1. The molecule has 2 heteroatoms. The van der Waals surface area contributed by atoms with Gasteiger partial charge in [0.2, 0.25) is 0 Å². The predicted octanol–water partition coefficient (Wildman–Crippen LogP) is 4.11. The fourth-order valence-electron chi connectivity index (χ4n) is 1.17. The maximum Gasteiger partial charge on any atom is 0.0392 e. The molecule has 1 aromatic carbocycles. The molecule has 0 fully saturated rings. The van der Waals surface area contributed by atoms with E-state index < -0.39 is 0 Å². The lowest BCUT2D eigenvalue weighted by Crippen LogP contribution is -2.08. The number of allylic oxidation sites excluding steroid dienone is 1. The summed E-state index contributed by atoms with van der Waals surface area (Å²) in [5.74, 6) is 0.272. The SMILES string of the molecule is C=C(C)C(C)C(=C)Nc1cccc(S)c1. The summed E-state index contributed by atoms with van der Waals surface area (Å²) in [5.41, 5.74) is 3.08. The molecule has 0 saturated carbocycles. The van der Waals surface area contributed by atoms with E-state index in [9.17, 15) is 0 Å². The number of rotatable bonds is 4. The Bertz CT molecular complexity index is 382. The van der Waals surface area contributed by atoms with E-state index in [-0.39, 0.29) is 5.92 Å². The first-order valence-corrected chi connectivity index (χ1v) is 5.35. The minimum atomic E-state index is 0.272. The van der Waals surface area contributed by atoms with Crippen LogP contribution in [0.5, 0.6) is 0 Å². The Morgan fingerprint density at radius 1 is 1.40 bits per heavy atom. The molecule has 1 aromatic rings. The average Bonchev–Trinajstić information content (AvgIpc) is 2.16. The van der Waals surface area contributed by atoms with Crippen LogP contribution < -0.4 is 5.32 Å². The first kappa shape index (κ1) is 11.9. The lowest BCUT2D eigenvalue weighted by molar-refractivity contribution is 0.813. The molecule has 0 heterocycles. The van der Waals surface area contributed by atoms with Gasteiger partial charge in [0.1, 0.15) is 0 Å². The van der Waals surface area contributed by atoms with Crippen LogP contribution >= 0.6 is 12.6 Å². The molecule has 0 bridgehead atoms. The highest BCUT2D eigenvalue weighted by molar-refractivity contribution is 7.80. The molecule has 0 spiro atoms. The molecule has 0 aliphatic rings. The summed E-state index contributed by atoms with van der Waals surface area (Å²) in [6, 6.07) is 7.87. The summed E-state index contributed by atoms with van der Waals surface area (Å²) in [6.45, 7) is 12.0. The van der Waals surface area contributed by atoms with E-state index >= 15 is 0 Å². The third-order valence-electron chi connectivity index (χ3n) is 2.41. The Kier molecular flexibility index (Phi) is 4.04. The van der Waals surface area contributed by atoms with Gasteiger partial charge in [-0.05, 0) is 25.1 Å². The van der Waals surface area contributed by atoms with Crippen molar-refractivity contribution in [2.45, 2.75) is 18.7 Å². The second kappa shape index (κ2) is 5.08. The van der Waals surface area contributed by atoms with Crippen LogP contribution in [0.2, 0.25) is 0 Å². The molecule has 1 nitrogen and oxygen atoms in total. The number of nitrogens with one attached hydrogen (secondary N) is 1. The van der Waals surface area contributed by atoms with Crippen molar-refractivity contribution < 1.29 is 0 Å². The largest absolute Gasteiger partial charge is 0.359 e. The Hall–Kier alpha value is -1.15. The van der Waals surface area contributed by atoms with E-state index in [0.717, 1.165) is 21.9 Å². The highest BCUT2D eigenvalue weighted by atomic mass is 32.1. The summed E-state index contributed by atoms with van der Waals surface area (Å²) in [5, 5.41) is 3.26. The van der Waals surface area contributed by atoms with E-state index in [4.69, 9.17) is 0 Å². The van der Waals surface area contributed by atoms with Crippen molar-refractivity contribution in [3.8, 4) is 0 Å². The smallest absolute Gasteiger partial charge is 0.0392 e. The summed E-state index contributed by atoms with van der Waals surface area (Å²) < 4.78 is 0. The van der Waals surface area contributed by atoms with Crippen LogP contribution in [0.25, 0.3) is 0 Å². The van der Waals surface area contributed by atoms with Crippen LogP contribution in [0.4, 0.5) is 5.69 Å². The second-order valence-corrected chi connectivity index (χ2v) is 4.29. The first-order chi connectivity index (χ1) is 7.00. The number of thiol groups is 1. The van der Waals surface area contributed by atoms with Crippen molar-refractivity contribution in [3.05, 3.63) is 48.7 Å². The van der Waals surface area contributed by atoms with Crippen molar-refractivity contribution >= 4 is 18.3 Å². The number of benzene rings is 1. The minimum absolute atomic E-state index is 0.272. The van der Waals surface area contributed by atoms with Crippen molar-refractivity contribution in [2.24, 2.45) is 5.92 Å². The van der Waals surface area contributed by atoms with Gasteiger partial charge in [-0.3, -0.25) is 0 Å². The average molecular weight is 219 g/mol. The van der Waals surface area contributed by atoms with E-state index in [1.165, 1.54) is 0 Å². The van der Waals surface area contributed by atoms with Crippen molar-refractivity contribution in [3.63, 3.8) is 0 Å². The van der Waals surface area contributed by atoms with Crippen molar-refractivity contribution in [2.75, 3.05) is 5.32 Å². The zero-order valence-corrected chi connectivity index (χ0v) is 10.1. The van der Waals surface area contributed by atoms with E-state index in [2.05, 4.69) is 38.0 Å². The highest BCUT2D eigenvalue weighted by Gasteiger charge is 2.06. The summed E-state index contributed by atoms with van der Waals surface area (Å²) >= 11 is 4.28. The van der Waals surface area contributed by atoms with Gasteiger partial charge in [0.25, 0.3) is 0 Å². The lowest BCUT2D eigenvalue weighted by Gasteiger charge is -2.17. The van der Waals surface area contributed by atoms with Gasteiger partial charge in [-0.15, -0.1) is 12.6 Å². The van der Waals surface area contributed by atoms with Gasteiger partial charge in [-0.25, -0.2) is 0 Å². The normalized spacial score (nSPS) is 11.9. The predicted molar refractivity (Wildman–Crippen MR) is 70.4 cm³/mol. The van der Waals surface area contributed by atoms with Gasteiger partial charge in [-0.2, -0.15) is 0 Å². The molecule has 0 aliphatic carbocycles. The van der Waals surface area contributed by atoms with Gasteiger partial charge >= 0.3 is 0 Å². The standard InChI is InChI=1S/C13H17NS/c1-9(2)10(3)11(4)14-12-6-5-7-13(15)8-12/h5-8,10,14-15H,1,4H2,2-3H3. The molecule has 0 saturated heterocycles. The van der Waals surface area contributed by atoms with Crippen LogP contribution in [0.1, 0.15) is 13.8 Å². The van der Waals surface area contributed by atoms with E-state index in [1.807, 2.05) is 31.2 Å². The van der Waals surface area contributed by atoms with Crippen molar-refractivity contribution in [1.82, 2.24) is 0 Å². The Balaban J connectivity index is 2.70. The maximum atomic E-state index is 4.28. The van der Waals surface area contributed by atoms with Gasteiger partial charge < -0.3 is 5.32 Å². The Labute approximate surface area is 97.3 Å². The molecule has 0 aliphatic heterocycles. The van der Waals surface area contributed by atoms with Crippen LogP contribution in [0.15, 0.2) is 53.6 Å². The highest BCUT2D eigenvalue weighted by Crippen LogP contribution is 2.20. The molecular weight excluding hydrogens is 202 g/mol. The first-order valence-electron chi connectivity index (χ1n) is 4.91. The van der Waals surface area contributed by atoms with Crippen LogP contribution in [-0.2, 0) is 0 Å². The molecule has 1 rings (SSSR count). The van der Waals surface area contributed by atoms with Gasteiger partial charge in [-0.1, -0.05) is 31.7 Å². The maximum absolute atomic E-state index is 4.28. The molecule has 1 N–H and O–H groups in total. The van der Waals surface area contributed by atoms with Crippen LogP contribution in [0, 0.1) is 5.92 Å². The molecule has 0 aromatic heterocycles. The van der Waals surface area contributed by atoms with Gasteiger partial charge in [0.15, 0.2) is 0 Å². The summed E-state index contributed by atoms with van der Waals surface area (Å²) in [4.78, 5) is 0.941. The Morgan fingerprint density at radius 2 is 2.07 bits per heavy atom.